The molecule has 0 spiro atoms. The van der Waals surface area contributed by atoms with Gasteiger partial charge in [0.1, 0.15) is 0 Å². The van der Waals surface area contributed by atoms with Gasteiger partial charge < -0.3 is 14.9 Å². The van der Waals surface area contributed by atoms with Crippen molar-refractivity contribution in [1.82, 2.24) is 9.88 Å². The first-order valence-corrected chi connectivity index (χ1v) is 12.7. The van der Waals surface area contributed by atoms with Gasteiger partial charge in [-0.2, -0.15) is 0 Å². The Morgan fingerprint density at radius 2 is 1.60 bits per heavy atom. The number of rotatable bonds is 6. The number of anilines is 1. The third kappa shape index (κ3) is 5.52. The van der Waals surface area contributed by atoms with Gasteiger partial charge in [-0.3, -0.25) is 9.78 Å². The maximum atomic E-state index is 13.5. The Bertz CT molecular complexity index is 1370. The van der Waals surface area contributed by atoms with Gasteiger partial charge in [-0.1, -0.05) is 29.8 Å². The summed E-state index contributed by atoms with van der Waals surface area (Å²) in [5.74, 6) is -2.00. The molecule has 1 amide bonds. The number of carbonyl (C=O) groups is 2. The highest BCUT2D eigenvalue weighted by atomic mass is 35.5. The van der Waals surface area contributed by atoms with E-state index in [1.165, 1.54) is 29.2 Å². The zero-order chi connectivity index (χ0) is 25.0. The minimum absolute atomic E-state index is 0.315. The van der Waals surface area contributed by atoms with E-state index < -0.39 is 21.7 Å². The molecule has 1 aliphatic heterocycles. The van der Waals surface area contributed by atoms with Crippen LogP contribution in [0.2, 0.25) is 5.02 Å². The van der Waals surface area contributed by atoms with Crippen LogP contribution in [0.4, 0.5) is 5.69 Å². The summed E-state index contributed by atoms with van der Waals surface area (Å²) in [7, 11) is -4.13. The lowest BCUT2D eigenvalue weighted by molar-refractivity contribution is 0.0671. The number of carbonyl (C=O) groups excluding carboxylic acids is 1. The second-order valence-corrected chi connectivity index (χ2v) is 10.1. The second-order valence-electron chi connectivity index (χ2n) is 7.87. The van der Waals surface area contributed by atoms with Crippen LogP contribution < -0.4 is 4.90 Å². The van der Waals surface area contributed by atoms with Gasteiger partial charge in [0.15, 0.2) is 0 Å². The normalized spacial score (nSPS) is 14.3. The first kappa shape index (κ1) is 24.4. The van der Waals surface area contributed by atoms with Crippen molar-refractivity contribution in [1.29, 1.82) is 0 Å². The lowest BCUT2D eigenvalue weighted by Gasteiger charge is -2.36. The van der Waals surface area contributed by atoms with Crippen molar-refractivity contribution >= 4 is 45.1 Å². The zero-order valence-corrected chi connectivity index (χ0v) is 20.1. The minimum Gasteiger partial charge on any atom is -0.478 e. The molecule has 1 N–H and O–H groups in total. The monoisotopic (exact) mass is 511 g/mol. The van der Waals surface area contributed by atoms with Gasteiger partial charge in [0, 0.05) is 54.7 Å². The largest absolute Gasteiger partial charge is 0.478 e. The molecule has 0 bridgehead atoms. The molecule has 8 nitrogen and oxygen atoms in total. The van der Waals surface area contributed by atoms with Gasteiger partial charge >= 0.3 is 5.97 Å². The van der Waals surface area contributed by atoms with Crippen LogP contribution in [-0.4, -0.2) is 61.5 Å². The summed E-state index contributed by atoms with van der Waals surface area (Å²) in [4.78, 5) is 32.6. The molecular formula is C25H22ClN3O5S. The highest BCUT2D eigenvalue weighted by molar-refractivity contribution is 7.94. The lowest BCUT2D eigenvalue weighted by Crippen LogP contribution is -2.49. The Kier molecular flexibility index (Phi) is 7.18. The van der Waals surface area contributed by atoms with Gasteiger partial charge in [-0.15, -0.1) is 0 Å². The molecule has 180 valence electrons. The van der Waals surface area contributed by atoms with E-state index in [0.717, 1.165) is 11.1 Å². The first-order valence-electron chi connectivity index (χ1n) is 10.8. The molecule has 10 heteroatoms. The molecule has 0 unspecified atom stereocenters. The molecule has 0 radical (unpaired) electrons. The minimum atomic E-state index is -4.13. The van der Waals surface area contributed by atoms with Crippen LogP contribution in [0.15, 0.2) is 77.3 Å². The molecule has 0 atom stereocenters. The van der Waals surface area contributed by atoms with Crippen LogP contribution in [-0.2, 0) is 9.84 Å². The van der Waals surface area contributed by atoms with Crippen molar-refractivity contribution < 1.29 is 23.1 Å². The fourth-order valence-corrected chi connectivity index (χ4v) is 5.22. The van der Waals surface area contributed by atoms with E-state index in [2.05, 4.69) is 9.88 Å². The summed E-state index contributed by atoms with van der Waals surface area (Å²) in [6.45, 7) is 1.66. The van der Waals surface area contributed by atoms with E-state index in [9.17, 15) is 23.1 Å². The summed E-state index contributed by atoms with van der Waals surface area (Å²) in [5.41, 5.74) is 0.867. The van der Waals surface area contributed by atoms with Crippen LogP contribution in [0, 0.1) is 0 Å². The highest BCUT2D eigenvalue weighted by Gasteiger charge is 2.31. The average Bonchev–Trinajstić information content (AvgIpc) is 2.88. The number of nitrogens with zero attached hydrogens (tertiary/aromatic N) is 3. The van der Waals surface area contributed by atoms with E-state index in [-0.39, 0.29) is 16.0 Å². The quantitative estimate of drug-likeness (QED) is 0.535. The fraction of sp³-hybridized carbons (Fsp3) is 0.160. The Hall–Kier alpha value is -3.69. The van der Waals surface area contributed by atoms with E-state index in [1.54, 1.807) is 36.7 Å². The summed E-state index contributed by atoms with van der Waals surface area (Å²) >= 11 is 5.87. The molecular weight excluding hydrogens is 490 g/mol. The first-order chi connectivity index (χ1) is 16.8. The molecule has 3 aromatic rings. The molecule has 35 heavy (non-hydrogen) atoms. The standard InChI is InChI=1S/C25H22ClN3O5S/c26-19-6-4-18(5-7-19)10-17-35(33,34)22-3-1-2-21(25(31)32)23(22)24(30)29-15-13-28(14-16-29)20-8-11-27-12-9-20/h1-12,17H,13-16H2,(H,31,32). The Morgan fingerprint density at radius 3 is 2.23 bits per heavy atom. The van der Waals surface area contributed by atoms with Crippen molar-refractivity contribution in [3.63, 3.8) is 0 Å². The van der Waals surface area contributed by atoms with Gasteiger partial charge in [0.05, 0.1) is 16.0 Å². The number of carboxylic acids is 1. The van der Waals surface area contributed by atoms with Crippen LogP contribution in [0.1, 0.15) is 26.3 Å². The third-order valence-electron chi connectivity index (χ3n) is 5.68. The number of aromatic carboxylic acids is 1. The molecule has 0 saturated carbocycles. The average molecular weight is 512 g/mol. The number of pyridine rings is 1. The number of benzene rings is 2. The summed E-state index contributed by atoms with van der Waals surface area (Å²) in [6.07, 6.45) is 4.75. The summed E-state index contributed by atoms with van der Waals surface area (Å²) in [5, 5.41) is 11.2. The molecule has 0 aliphatic carbocycles. The van der Waals surface area contributed by atoms with Crippen LogP contribution in [0.3, 0.4) is 0 Å². The topological polar surface area (TPSA) is 108 Å². The van der Waals surface area contributed by atoms with Crippen molar-refractivity contribution in [2.75, 3.05) is 31.1 Å². The zero-order valence-electron chi connectivity index (χ0n) is 18.5. The van der Waals surface area contributed by atoms with Gasteiger partial charge in [-0.25, -0.2) is 13.2 Å². The number of hydrogen-bond donors (Lipinski definition) is 1. The molecule has 1 aliphatic rings. The fourth-order valence-electron chi connectivity index (χ4n) is 3.86. The number of hydrogen-bond acceptors (Lipinski definition) is 6. The molecule has 4 rings (SSSR count). The Labute approximate surface area is 208 Å². The van der Waals surface area contributed by atoms with E-state index in [0.29, 0.717) is 36.8 Å². The highest BCUT2D eigenvalue weighted by Crippen LogP contribution is 2.26. The number of aromatic nitrogens is 1. The van der Waals surface area contributed by atoms with Gasteiger partial charge in [0.25, 0.3) is 5.91 Å². The van der Waals surface area contributed by atoms with Gasteiger partial charge in [0.2, 0.25) is 9.84 Å². The van der Waals surface area contributed by atoms with Crippen molar-refractivity contribution in [3.8, 4) is 0 Å². The number of sulfone groups is 1. The molecule has 1 fully saturated rings. The van der Waals surface area contributed by atoms with Gasteiger partial charge in [-0.05, 0) is 48.0 Å². The van der Waals surface area contributed by atoms with E-state index in [1.807, 2.05) is 12.1 Å². The summed E-state index contributed by atoms with van der Waals surface area (Å²) in [6, 6.07) is 14.1. The third-order valence-corrected chi connectivity index (χ3v) is 7.38. The lowest BCUT2D eigenvalue weighted by atomic mass is 10.1. The van der Waals surface area contributed by atoms with Crippen molar-refractivity contribution in [3.05, 3.63) is 94.1 Å². The predicted octanol–water partition coefficient (Wildman–Crippen LogP) is 3.84. The Balaban J connectivity index is 1.63. The SMILES string of the molecule is O=C(O)c1cccc(S(=O)(=O)C=Cc2ccc(Cl)cc2)c1C(=O)N1CCN(c2ccncc2)CC1. The number of piperazine rings is 1. The van der Waals surface area contributed by atoms with Crippen LogP contribution >= 0.6 is 11.6 Å². The molecule has 2 heterocycles. The predicted molar refractivity (Wildman–Crippen MR) is 133 cm³/mol. The molecule has 1 aromatic heterocycles. The maximum Gasteiger partial charge on any atom is 0.336 e. The maximum absolute atomic E-state index is 13.5. The van der Waals surface area contributed by atoms with Crippen molar-refractivity contribution in [2.24, 2.45) is 0 Å². The van der Waals surface area contributed by atoms with Crippen LogP contribution in [0.5, 0.6) is 0 Å². The molecule has 1 saturated heterocycles. The van der Waals surface area contributed by atoms with Crippen molar-refractivity contribution in [2.45, 2.75) is 4.90 Å². The van der Waals surface area contributed by atoms with E-state index in [4.69, 9.17) is 11.6 Å². The molecule has 2 aromatic carbocycles. The summed E-state index contributed by atoms with van der Waals surface area (Å²) < 4.78 is 26.4. The number of carboxylic acid groups (broad SMARTS) is 1. The smallest absolute Gasteiger partial charge is 0.336 e. The Morgan fingerprint density at radius 1 is 0.943 bits per heavy atom. The number of halogens is 1. The number of amides is 1. The van der Waals surface area contributed by atoms with Crippen LogP contribution in [0.25, 0.3) is 6.08 Å². The second kappa shape index (κ2) is 10.3. The van der Waals surface area contributed by atoms with E-state index >= 15 is 0 Å².